The number of hydrogen-bond acceptors (Lipinski definition) is 0. The monoisotopic (exact) mass is 178 g/mol. The molecule has 0 unspecified atom stereocenters. The van der Waals surface area contributed by atoms with Crippen LogP contribution in [0.4, 0.5) is 0 Å². The van der Waals surface area contributed by atoms with Gasteiger partial charge in [0.15, 0.2) is 0 Å². The van der Waals surface area contributed by atoms with Crippen molar-refractivity contribution < 1.29 is 0 Å². The van der Waals surface area contributed by atoms with Gasteiger partial charge in [0.25, 0.3) is 0 Å². The smallest absolute Gasteiger partial charge is 0.0753 e. The molecule has 64 valence electrons. The molecular formula is C10H16BP. The predicted octanol–water partition coefficient (Wildman–Crippen LogP) is 1.40. The molecule has 1 fully saturated rings. The Morgan fingerprint density at radius 2 is 1.50 bits per heavy atom. The zero-order valence-corrected chi connectivity index (χ0v) is 7.56. The Kier molecular flexibility index (Phi) is 3.81. The van der Waals surface area contributed by atoms with Gasteiger partial charge in [-0.2, -0.15) is 0 Å². The van der Waals surface area contributed by atoms with Crippen molar-refractivity contribution in [2.45, 2.75) is 12.8 Å². The quantitative estimate of drug-likeness (QED) is 0.450. The molecule has 0 spiro atoms. The first-order valence-electron chi connectivity index (χ1n) is 4.27. The van der Waals surface area contributed by atoms with E-state index in [2.05, 4.69) is 30.3 Å². The molecule has 1 aromatic rings. The van der Waals surface area contributed by atoms with Gasteiger partial charge in [-0.1, -0.05) is 38.3 Å². The van der Waals surface area contributed by atoms with Crippen molar-refractivity contribution in [2.75, 3.05) is 12.3 Å². The molecule has 2 heteroatoms. The highest BCUT2D eigenvalue weighted by atomic mass is 31.1. The van der Waals surface area contributed by atoms with Gasteiger partial charge in [-0.25, -0.2) is 0 Å². The average molecular weight is 178 g/mol. The van der Waals surface area contributed by atoms with E-state index in [1.54, 1.807) is 5.30 Å². The van der Waals surface area contributed by atoms with Crippen LogP contribution < -0.4 is 5.30 Å². The molecule has 1 aliphatic rings. The SMILES string of the molecule is B.c1ccc(P2CCCC2)cc1. The van der Waals surface area contributed by atoms with Crippen LogP contribution in [0.1, 0.15) is 12.8 Å². The maximum Gasteiger partial charge on any atom is 0.0814 e. The summed E-state index contributed by atoms with van der Waals surface area (Å²) in [7, 11) is 0.260. The summed E-state index contributed by atoms with van der Waals surface area (Å²) in [6.07, 6.45) is 5.86. The molecule has 1 heterocycles. The lowest BCUT2D eigenvalue weighted by Crippen LogP contribution is -1.99. The molecular weight excluding hydrogens is 162 g/mol. The van der Waals surface area contributed by atoms with E-state index >= 15 is 0 Å². The molecule has 0 nitrogen and oxygen atoms in total. The van der Waals surface area contributed by atoms with Crippen LogP contribution in [0.15, 0.2) is 30.3 Å². The van der Waals surface area contributed by atoms with E-state index in [4.69, 9.17) is 0 Å². The van der Waals surface area contributed by atoms with Crippen molar-refractivity contribution in [1.82, 2.24) is 0 Å². The van der Waals surface area contributed by atoms with Crippen LogP contribution >= 0.6 is 7.92 Å². The van der Waals surface area contributed by atoms with Crippen molar-refractivity contribution in [3.05, 3.63) is 30.3 Å². The van der Waals surface area contributed by atoms with Crippen molar-refractivity contribution in [1.29, 1.82) is 0 Å². The molecule has 1 aliphatic heterocycles. The van der Waals surface area contributed by atoms with Crippen molar-refractivity contribution in [3.63, 3.8) is 0 Å². The van der Waals surface area contributed by atoms with E-state index in [1.165, 1.54) is 25.2 Å². The Bertz CT molecular complexity index is 217. The highest BCUT2D eigenvalue weighted by molar-refractivity contribution is 7.65. The van der Waals surface area contributed by atoms with E-state index < -0.39 is 0 Å². The Labute approximate surface area is 77.7 Å². The minimum atomic E-state index is 0. The van der Waals surface area contributed by atoms with Crippen LogP contribution in [-0.4, -0.2) is 20.7 Å². The predicted molar refractivity (Wildman–Crippen MR) is 61.9 cm³/mol. The van der Waals surface area contributed by atoms with Crippen LogP contribution in [0.3, 0.4) is 0 Å². The lowest BCUT2D eigenvalue weighted by Gasteiger charge is -2.08. The summed E-state index contributed by atoms with van der Waals surface area (Å²) in [5, 5.41) is 1.61. The van der Waals surface area contributed by atoms with Gasteiger partial charge in [-0.15, -0.1) is 0 Å². The molecule has 0 atom stereocenters. The van der Waals surface area contributed by atoms with Crippen LogP contribution in [0, 0.1) is 0 Å². The van der Waals surface area contributed by atoms with E-state index in [1.807, 2.05) is 0 Å². The number of hydrogen-bond donors (Lipinski definition) is 0. The van der Waals surface area contributed by atoms with Gasteiger partial charge < -0.3 is 0 Å². The molecule has 0 saturated carbocycles. The Morgan fingerprint density at radius 1 is 0.917 bits per heavy atom. The summed E-state index contributed by atoms with van der Waals surface area (Å²) in [6.45, 7) is 0. The number of benzene rings is 1. The first kappa shape index (κ1) is 9.80. The first-order valence-corrected chi connectivity index (χ1v) is 5.98. The highest BCUT2D eigenvalue weighted by Gasteiger charge is 2.14. The third-order valence-corrected chi connectivity index (χ3v) is 4.97. The molecule has 0 aromatic heterocycles. The third kappa shape index (κ3) is 2.11. The molecule has 0 N–H and O–H groups in total. The topological polar surface area (TPSA) is 0 Å². The Balaban J connectivity index is 0.000000720. The average Bonchev–Trinajstić information content (AvgIpc) is 2.58. The van der Waals surface area contributed by atoms with Gasteiger partial charge in [0.2, 0.25) is 0 Å². The Morgan fingerprint density at radius 3 is 2.08 bits per heavy atom. The molecule has 0 aliphatic carbocycles. The fourth-order valence-corrected chi connectivity index (χ4v) is 4.16. The van der Waals surface area contributed by atoms with Gasteiger partial charge in [-0.05, 0) is 30.5 Å². The van der Waals surface area contributed by atoms with Gasteiger partial charge >= 0.3 is 0 Å². The van der Waals surface area contributed by atoms with Gasteiger partial charge in [0.1, 0.15) is 0 Å². The molecule has 0 amide bonds. The van der Waals surface area contributed by atoms with E-state index in [-0.39, 0.29) is 16.3 Å². The van der Waals surface area contributed by atoms with Crippen molar-refractivity contribution >= 4 is 21.6 Å². The largest absolute Gasteiger partial charge is 0.0814 e. The summed E-state index contributed by atoms with van der Waals surface area (Å²) < 4.78 is 0. The molecule has 0 bridgehead atoms. The van der Waals surface area contributed by atoms with Gasteiger partial charge in [-0.3, -0.25) is 0 Å². The minimum Gasteiger partial charge on any atom is -0.0753 e. The van der Waals surface area contributed by atoms with E-state index in [0.29, 0.717) is 0 Å². The maximum atomic E-state index is 2.29. The molecule has 2 rings (SSSR count). The van der Waals surface area contributed by atoms with E-state index in [9.17, 15) is 0 Å². The van der Waals surface area contributed by atoms with Crippen LogP contribution in [0.25, 0.3) is 0 Å². The van der Waals surface area contributed by atoms with E-state index in [0.717, 1.165) is 0 Å². The molecule has 0 radical (unpaired) electrons. The molecule has 12 heavy (non-hydrogen) atoms. The summed E-state index contributed by atoms with van der Waals surface area (Å²) in [6, 6.07) is 11.0. The normalized spacial score (nSPS) is 17.3. The molecule has 1 aromatic carbocycles. The zero-order valence-electron chi connectivity index (χ0n) is 6.66. The van der Waals surface area contributed by atoms with Crippen molar-refractivity contribution in [2.24, 2.45) is 0 Å². The summed E-state index contributed by atoms with van der Waals surface area (Å²) >= 11 is 0. The maximum absolute atomic E-state index is 2.29. The van der Waals surface area contributed by atoms with Gasteiger partial charge in [0.05, 0.1) is 8.41 Å². The second-order valence-corrected chi connectivity index (χ2v) is 5.52. The highest BCUT2D eigenvalue weighted by Crippen LogP contribution is 2.41. The van der Waals surface area contributed by atoms with Gasteiger partial charge in [0, 0.05) is 0 Å². The van der Waals surface area contributed by atoms with Crippen LogP contribution in [-0.2, 0) is 0 Å². The Hall–Kier alpha value is -0.285. The van der Waals surface area contributed by atoms with Crippen LogP contribution in [0.5, 0.6) is 0 Å². The molecule has 1 saturated heterocycles. The summed E-state index contributed by atoms with van der Waals surface area (Å²) in [5.41, 5.74) is 0. The summed E-state index contributed by atoms with van der Waals surface area (Å²) in [4.78, 5) is 0. The third-order valence-electron chi connectivity index (χ3n) is 2.23. The lowest BCUT2D eigenvalue weighted by molar-refractivity contribution is 0.949. The second kappa shape index (κ2) is 4.67. The van der Waals surface area contributed by atoms with Crippen molar-refractivity contribution in [3.8, 4) is 0 Å². The lowest BCUT2D eigenvalue weighted by atomic mass is 10.4. The van der Waals surface area contributed by atoms with Crippen LogP contribution in [0.2, 0.25) is 0 Å². The first-order chi connectivity index (χ1) is 5.47. The number of rotatable bonds is 1. The fourth-order valence-electron chi connectivity index (χ4n) is 1.61. The zero-order chi connectivity index (χ0) is 7.52. The minimum absolute atomic E-state index is 0. The standard InChI is InChI=1S/C10H13P.BH3/c1-2-6-10(7-3-1)11-8-4-5-9-11;/h1-3,6-7H,4-5,8-9H2;1H3. The summed E-state index contributed by atoms with van der Waals surface area (Å²) in [5.74, 6) is 0. The fraction of sp³-hybridized carbons (Fsp3) is 0.400. The second-order valence-electron chi connectivity index (χ2n) is 3.03.